The van der Waals surface area contributed by atoms with Crippen molar-refractivity contribution in [1.82, 2.24) is 10.3 Å². The lowest BCUT2D eigenvalue weighted by Gasteiger charge is -2.46. The first-order valence-corrected chi connectivity index (χ1v) is 14.9. The van der Waals surface area contributed by atoms with E-state index < -0.39 is 40.4 Å². The van der Waals surface area contributed by atoms with E-state index in [1.165, 1.54) is 17.0 Å². The first-order valence-electron chi connectivity index (χ1n) is 14.9. The average molecular weight is 591 g/mol. The molecule has 43 heavy (non-hydrogen) atoms. The van der Waals surface area contributed by atoms with Gasteiger partial charge in [0.2, 0.25) is 5.91 Å². The average Bonchev–Trinajstić information content (AvgIpc) is 3.22. The van der Waals surface area contributed by atoms with Gasteiger partial charge in [-0.25, -0.2) is 9.91 Å². The molecule has 0 bridgehead atoms. The molecule has 2 fully saturated rings. The third-order valence-electron chi connectivity index (χ3n) is 8.49. The number of nitro groups is 1. The number of nitro benzene ring substituents is 1. The third kappa shape index (κ3) is 6.29. The molecule has 0 aliphatic carbocycles. The number of non-ortho nitro benzene ring substituents is 1. The fraction of sp³-hybridized carbons (Fsp3) is 0.500. The molecule has 0 aromatic heterocycles. The van der Waals surface area contributed by atoms with E-state index in [2.05, 4.69) is 36.4 Å². The monoisotopic (exact) mass is 590 g/mol. The van der Waals surface area contributed by atoms with Crippen LogP contribution in [0.5, 0.6) is 0 Å². The summed E-state index contributed by atoms with van der Waals surface area (Å²) in [4.78, 5) is 42.1. The van der Waals surface area contributed by atoms with Gasteiger partial charge in [0.05, 0.1) is 28.7 Å². The number of anilines is 3. The van der Waals surface area contributed by atoms with E-state index in [0.717, 1.165) is 31.9 Å². The number of amides is 2. The van der Waals surface area contributed by atoms with Crippen molar-refractivity contribution in [3.05, 3.63) is 70.8 Å². The lowest BCUT2D eigenvalue weighted by Crippen LogP contribution is -2.60. The molecule has 2 aromatic carbocycles. The van der Waals surface area contributed by atoms with Crippen LogP contribution in [-0.2, 0) is 9.59 Å². The Bertz CT molecular complexity index is 1380. The number of aliphatic hydroxyl groups is 1. The Hall–Kier alpha value is -3.80. The fourth-order valence-corrected chi connectivity index (χ4v) is 6.80. The van der Waals surface area contributed by atoms with Crippen molar-refractivity contribution in [2.45, 2.75) is 59.2 Å². The smallest absolute Gasteiger partial charge is 0.269 e. The fourth-order valence-electron chi connectivity index (χ4n) is 6.80. The molecule has 3 N–H and O–H groups in total. The van der Waals surface area contributed by atoms with E-state index >= 15 is 0 Å². The lowest BCUT2D eigenvalue weighted by molar-refractivity contribution is -0.384. The van der Waals surface area contributed by atoms with Crippen molar-refractivity contribution < 1.29 is 19.6 Å². The Kier molecular flexibility index (Phi) is 8.34. The van der Waals surface area contributed by atoms with Crippen molar-refractivity contribution in [1.29, 1.82) is 0 Å². The van der Waals surface area contributed by atoms with Crippen LogP contribution in [0, 0.1) is 26.9 Å². The van der Waals surface area contributed by atoms with Crippen LogP contribution < -0.4 is 20.5 Å². The van der Waals surface area contributed by atoms with Crippen LogP contribution in [0.25, 0.3) is 0 Å². The molecule has 2 saturated heterocycles. The highest BCUT2D eigenvalue weighted by Gasteiger charge is 2.55. The van der Waals surface area contributed by atoms with Gasteiger partial charge in [0, 0.05) is 49.7 Å². The van der Waals surface area contributed by atoms with Gasteiger partial charge < -0.3 is 20.7 Å². The first kappa shape index (κ1) is 30.7. The van der Waals surface area contributed by atoms with Crippen molar-refractivity contribution in [3.63, 3.8) is 0 Å². The van der Waals surface area contributed by atoms with Crippen LogP contribution in [0.1, 0.15) is 41.0 Å². The number of nitrogens with one attached hydrogen (secondary N) is 2. The van der Waals surface area contributed by atoms with Gasteiger partial charge in [-0.05, 0) is 53.6 Å². The Morgan fingerprint density at radius 3 is 2.14 bits per heavy atom. The maximum absolute atomic E-state index is 14.1. The van der Waals surface area contributed by atoms with Crippen LogP contribution in [-0.4, -0.2) is 71.2 Å². The number of carbonyl (C=O) groups excluding carboxylic acids is 2. The third-order valence-corrected chi connectivity index (χ3v) is 8.49. The van der Waals surface area contributed by atoms with Gasteiger partial charge in [-0.15, -0.1) is 0 Å². The zero-order valence-electron chi connectivity index (χ0n) is 25.5. The van der Waals surface area contributed by atoms with E-state index in [9.17, 15) is 24.8 Å². The number of hydrogen-bond acceptors (Lipinski definition) is 9. The highest BCUT2D eigenvalue weighted by Crippen LogP contribution is 2.42. The molecule has 0 radical (unpaired) electrons. The molecule has 11 nitrogen and oxygen atoms in total. The molecule has 11 heteroatoms. The van der Waals surface area contributed by atoms with E-state index in [0.29, 0.717) is 17.8 Å². The topological polar surface area (TPSA) is 131 Å². The summed E-state index contributed by atoms with van der Waals surface area (Å²) in [6.07, 6.45) is 3.36. The standard InChI is InChI=1S/C32H42N6O5/c1-31(2,3)20-32(4,5)28(39)26-15-14-25-27(37(26)34-21-6-8-24(9-7-21)38(42)43)30(41)36(29(25)40)23-12-10-22(11-13-23)35-18-16-33-17-19-35/h6-15,25-28,33-34,39H,16-20H2,1-5H3/t25-,26?,27+,28+/m1/s1. The molecule has 3 aliphatic rings. The predicted molar refractivity (Wildman–Crippen MR) is 167 cm³/mol. The summed E-state index contributed by atoms with van der Waals surface area (Å²) >= 11 is 0. The van der Waals surface area contributed by atoms with Crippen LogP contribution in [0.3, 0.4) is 0 Å². The van der Waals surface area contributed by atoms with E-state index in [-0.39, 0.29) is 17.0 Å². The maximum Gasteiger partial charge on any atom is 0.269 e. The number of nitrogens with zero attached hydrogens (tertiary/aromatic N) is 4. The summed E-state index contributed by atoms with van der Waals surface area (Å²) in [7, 11) is 0. The lowest BCUT2D eigenvalue weighted by atomic mass is 9.70. The van der Waals surface area contributed by atoms with Crippen LogP contribution in [0.2, 0.25) is 0 Å². The number of aliphatic hydroxyl groups excluding tert-OH is 1. The Morgan fingerprint density at radius 2 is 1.56 bits per heavy atom. The van der Waals surface area contributed by atoms with Crippen molar-refractivity contribution in [2.24, 2.45) is 16.7 Å². The van der Waals surface area contributed by atoms with Crippen LogP contribution in [0.15, 0.2) is 60.7 Å². The predicted octanol–water partition coefficient (Wildman–Crippen LogP) is 3.95. The minimum absolute atomic E-state index is 0.0607. The summed E-state index contributed by atoms with van der Waals surface area (Å²) in [5.74, 6) is -1.49. The molecule has 2 amide bonds. The largest absolute Gasteiger partial charge is 0.391 e. The second-order valence-corrected chi connectivity index (χ2v) is 13.6. The van der Waals surface area contributed by atoms with Crippen LogP contribution >= 0.6 is 0 Å². The highest BCUT2D eigenvalue weighted by atomic mass is 16.6. The number of carbonyl (C=O) groups is 2. The number of rotatable bonds is 8. The zero-order chi connectivity index (χ0) is 31.1. The van der Waals surface area contributed by atoms with E-state index in [1.54, 1.807) is 41.4 Å². The quantitative estimate of drug-likeness (QED) is 0.181. The Balaban J connectivity index is 1.47. The molecule has 1 unspecified atom stereocenters. The van der Waals surface area contributed by atoms with Gasteiger partial charge >= 0.3 is 0 Å². The second-order valence-electron chi connectivity index (χ2n) is 13.6. The van der Waals surface area contributed by atoms with Crippen molar-refractivity contribution >= 4 is 34.6 Å². The van der Waals surface area contributed by atoms with Gasteiger partial charge in [0.1, 0.15) is 6.04 Å². The number of hydrogen-bond donors (Lipinski definition) is 3. The first-order chi connectivity index (χ1) is 20.3. The summed E-state index contributed by atoms with van der Waals surface area (Å²) in [5.41, 5.74) is 4.62. The van der Waals surface area contributed by atoms with Gasteiger partial charge in [-0.3, -0.25) is 19.7 Å². The number of hydrazine groups is 1. The molecule has 0 spiro atoms. The minimum atomic E-state index is -0.925. The number of imide groups is 1. The molecule has 230 valence electrons. The number of piperazine rings is 1. The Labute approximate surface area is 252 Å². The van der Waals surface area contributed by atoms with Crippen molar-refractivity contribution in [2.75, 3.05) is 41.4 Å². The molecule has 5 rings (SSSR count). The Morgan fingerprint density at radius 1 is 0.953 bits per heavy atom. The number of benzene rings is 2. The SMILES string of the molecule is CC(C)(C)CC(C)(C)[C@@H](O)C1C=C[C@H]2C(=O)N(c3ccc(N4CCNCC4)cc3)C(=O)[C@H]2N1Nc1ccc([N+](=O)[O-])cc1. The molecule has 3 aliphatic heterocycles. The zero-order valence-corrected chi connectivity index (χ0v) is 25.5. The summed E-state index contributed by atoms with van der Waals surface area (Å²) in [6, 6.07) is 11.8. The van der Waals surface area contributed by atoms with Gasteiger partial charge in [-0.1, -0.05) is 46.8 Å². The van der Waals surface area contributed by atoms with E-state index in [4.69, 9.17) is 0 Å². The van der Waals surface area contributed by atoms with Gasteiger partial charge in [-0.2, -0.15) is 0 Å². The molecular formula is C32H42N6O5. The molecule has 0 saturated carbocycles. The highest BCUT2D eigenvalue weighted by molar-refractivity contribution is 6.24. The summed E-state index contributed by atoms with van der Waals surface area (Å²) in [5, 5.41) is 28.0. The minimum Gasteiger partial charge on any atom is -0.391 e. The normalized spacial score (nSPS) is 23.8. The molecule has 4 atom stereocenters. The number of fused-ring (bicyclic) bond motifs is 1. The molecular weight excluding hydrogens is 548 g/mol. The molecule has 3 heterocycles. The van der Waals surface area contributed by atoms with E-state index in [1.807, 2.05) is 26.0 Å². The van der Waals surface area contributed by atoms with Gasteiger partial charge in [0.15, 0.2) is 0 Å². The second kappa shape index (κ2) is 11.7. The summed E-state index contributed by atoms with van der Waals surface area (Å²) in [6.45, 7) is 13.9. The van der Waals surface area contributed by atoms with Crippen LogP contribution in [0.4, 0.5) is 22.7 Å². The van der Waals surface area contributed by atoms with Crippen molar-refractivity contribution in [3.8, 4) is 0 Å². The van der Waals surface area contributed by atoms with Gasteiger partial charge in [0.25, 0.3) is 11.6 Å². The maximum atomic E-state index is 14.1. The summed E-state index contributed by atoms with van der Waals surface area (Å²) < 4.78 is 0. The molecule has 2 aromatic rings.